The average molecular weight is 427 g/mol. The molecule has 32 heavy (non-hydrogen) atoms. The summed E-state index contributed by atoms with van der Waals surface area (Å²) in [6.07, 6.45) is 14.8. The highest BCUT2D eigenvalue weighted by Gasteiger charge is 2.21. The number of pyridine rings is 2. The molecule has 1 atom stereocenters. The Morgan fingerprint density at radius 3 is 2.66 bits per heavy atom. The molecule has 0 bridgehead atoms. The standard InChI is InChI=1S/C25H26N6O/c1-3-30-16-4-5-20(30)6-7-21-11-15-28-25-23(19-10-14-27-22(17-19)32-2)24(29-31(21)25)18-8-12-26-13-9-18/h4,8-17,20H,3,5-7H2,1-2H3. The molecule has 0 saturated heterocycles. The molecule has 1 unspecified atom stereocenters. The summed E-state index contributed by atoms with van der Waals surface area (Å²) < 4.78 is 7.37. The lowest BCUT2D eigenvalue weighted by Crippen LogP contribution is -2.27. The summed E-state index contributed by atoms with van der Waals surface area (Å²) in [6, 6.07) is 10.5. The molecule has 7 heteroatoms. The molecule has 0 saturated carbocycles. The van der Waals surface area contributed by atoms with Gasteiger partial charge in [0, 0.05) is 54.7 Å². The first-order chi connectivity index (χ1) is 15.8. The van der Waals surface area contributed by atoms with Gasteiger partial charge >= 0.3 is 0 Å². The lowest BCUT2D eigenvalue weighted by atomic mass is 10.0. The molecule has 0 aliphatic carbocycles. The zero-order chi connectivity index (χ0) is 21.9. The van der Waals surface area contributed by atoms with Gasteiger partial charge in [0.2, 0.25) is 5.88 Å². The first kappa shape index (κ1) is 20.2. The van der Waals surface area contributed by atoms with Gasteiger partial charge < -0.3 is 9.64 Å². The molecular weight excluding hydrogens is 400 g/mol. The van der Waals surface area contributed by atoms with Crippen molar-refractivity contribution >= 4 is 5.65 Å². The normalized spacial score (nSPS) is 15.6. The first-order valence-corrected chi connectivity index (χ1v) is 11.0. The van der Waals surface area contributed by atoms with E-state index >= 15 is 0 Å². The number of hydrogen-bond acceptors (Lipinski definition) is 6. The molecule has 0 fully saturated rings. The van der Waals surface area contributed by atoms with Crippen LogP contribution in [0.2, 0.25) is 0 Å². The zero-order valence-corrected chi connectivity index (χ0v) is 18.3. The quantitative estimate of drug-likeness (QED) is 0.436. The van der Waals surface area contributed by atoms with Crippen molar-refractivity contribution in [1.82, 2.24) is 29.5 Å². The number of fused-ring (bicyclic) bond motifs is 1. The maximum Gasteiger partial charge on any atom is 0.213 e. The van der Waals surface area contributed by atoms with E-state index in [4.69, 9.17) is 14.8 Å². The fourth-order valence-electron chi connectivity index (χ4n) is 4.41. The third-order valence-electron chi connectivity index (χ3n) is 6.06. The Bertz CT molecular complexity index is 1250. The van der Waals surface area contributed by atoms with Crippen LogP contribution in [-0.2, 0) is 6.42 Å². The van der Waals surface area contributed by atoms with Gasteiger partial charge in [-0.1, -0.05) is 6.08 Å². The Labute approximate surface area is 187 Å². The highest BCUT2D eigenvalue weighted by atomic mass is 16.5. The molecule has 1 aliphatic rings. The van der Waals surface area contributed by atoms with Crippen molar-refractivity contribution < 1.29 is 4.74 Å². The number of aromatic nitrogens is 5. The predicted molar refractivity (Wildman–Crippen MR) is 124 cm³/mol. The highest BCUT2D eigenvalue weighted by molar-refractivity contribution is 5.90. The van der Waals surface area contributed by atoms with Crippen LogP contribution in [0.15, 0.2) is 67.4 Å². The topological polar surface area (TPSA) is 68.4 Å². The van der Waals surface area contributed by atoms with Crippen molar-refractivity contribution in [3.63, 3.8) is 0 Å². The summed E-state index contributed by atoms with van der Waals surface area (Å²) in [4.78, 5) is 15.6. The SMILES string of the molecule is CCN1C=CCC1CCc1ccnc2c(-c3ccnc(OC)c3)c(-c3ccncc3)nn12. The maximum absolute atomic E-state index is 5.37. The molecule has 0 amide bonds. The van der Waals surface area contributed by atoms with Crippen LogP contribution in [0, 0.1) is 0 Å². The van der Waals surface area contributed by atoms with Crippen molar-refractivity contribution in [3.8, 4) is 28.3 Å². The van der Waals surface area contributed by atoms with Gasteiger partial charge in [0.1, 0.15) is 5.69 Å². The summed E-state index contributed by atoms with van der Waals surface area (Å²) in [5.41, 5.74) is 5.80. The molecule has 0 spiro atoms. The Hall–Kier alpha value is -3.74. The maximum atomic E-state index is 5.37. The van der Waals surface area contributed by atoms with E-state index in [9.17, 15) is 0 Å². The molecular formula is C25H26N6O. The monoisotopic (exact) mass is 426 g/mol. The molecule has 0 radical (unpaired) electrons. The molecule has 5 heterocycles. The van der Waals surface area contributed by atoms with E-state index in [0.717, 1.165) is 59.5 Å². The fourth-order valence-corrected chi connectivity index (χ4v) is 4.41. The predicted octanol–water partition coefficient (Wildman–Crippen LogP) is 4.40. The molecule has 5 rings (SSSR count). The summed E-state index contributed by atoms with van der Waals surface area (Å²) in [6.45, 7) is 3.24. The molecule has 0 N–H and O–H groups in total. The second kappa shape index (κ2) is 8.78. The average Bonchev–Trinajstić information content (AvgIpc) is 3.48. The second-order valence-corrected chi connectivity index (χ2v) is 7.86. The van der Waals surface area contributed by atoms with Crippen LogP contribution >= 0.6 is 0 Å². The minimum Gasteiger partial charge on any atom is -0.481 e. The van der Waals surface area contributed by atoms with Crippen molar-refractivity contribution in [2.75, 3.05) is 13.7 Å². The summed E-state index contributed by atoms with van der Waals surface area (Å²) >= 11 is 0. The molecule has 0 aromatic carbocycles. The lowest BCUT2D eigenvalue weighted by Gasteiger charge is -2.24. The van der Waals surface area contributed by atoms with Gasteiger partial charge in [0.15, 0.2) is 5.65 Å². The Morgan fingerprint density at radius 2 is 1.84 bits per heavy atom. The molecule has 1 aliphatic heterocycles. The largest absolute Gasteiger partial charge is 0.481 e. The van der Waals surface area contributed by atoms with Gasteiger partial charge in [0.25, 0.3) is 0 Å². The van der Waals surface area contributed by atoms with Gasteiger partial charge in [-0.15, -0.1) is 0 Å². The van der Waals surface area contributed by atoms with Crippen molar-refractivity contribution in [2.24, 2.45) is 0 Å². The Morgan fingerprint density at radius 1 is 1.03 bits per heavy atom. The Kier molecular flexibility index (Phi) is 5.54. The van der Waals surface area contributed by atoms with Crippen LogP contribution < -0.4 is 4.74 Å². The van der Waals surface area contributed by atoms with E-state index in [2.05, 4.69) is 40.1 Å². The number of nitrogens with zero attached hydrogens (tertiary/aromatic N) is 6. The number of ether oxygens (including phenoxy) is 1. The Balaban J connectivity index is 1.60. The van der Waals surface area contributed by atoms with E-state index in [-0.39, 0.29) is 0 Å². The third-order valence-corrected chi connectivity index (χ3v) is 6.06. The van der Waals surface area contributed by atoms with Crippen molar-refractivity contribution in [1.29, 1.82) is 0 Å². The zero-order valence-electron chi connectivity index (χ0n) is 18.3. The van der Waals surface area contributed by atoms with Crippen molar-refractivity contribution in [3.05, 3.63) is 73.1 Å². The summed E-state index contributed by atoms with van der Waals surface area (Å²) in [5, 5.41) is 5.04. The van der Waals surface area contributed by atoms with Gasteiger partial charge in [-0.3, -0.25) is 4.98 Å². The smallest absolute Gasteiger partial charge is 0.213 e. The van der Waals surface area contributed by atoms with E-state index in [1.54, 1.807) is 25.7 Å². The number of hydrogen-bond donors (Lipinski definition) is 0. The van der Waals surface area contributed by atoms with E-state index in [0.29, 0.717) is 11.9 Å². The van der Waals surface area contributed by atoms with Crippen LogP contribution in [0.1, 0.15) is 25.5 Å². The van der Waals surface area contributed by atoms with Gasteiger partial charge in [-0.25, -0.2) is 14.5 Å². The molecule has 4 aromatic heterocycles. The summed E-state index contributed by atoms with van der Waals surface area (Å²) in [7, 11) is 1.62. The molecule has 162 valence electrons. The number of methoxy groups -OCH3 is 1. The third kappa shape index (κ3) is 3.70. The van der Waals surface area contributed by atoms with Gasteiger partial charge in [0.05, 0.1) is 12.7 Å². The van der Waals surface area contributed by atoms with Gasteiger partial charge in [-0.2, -0.15) is 5.10 Å². The summed E-state index contributed by atoms with van der Waals surface area (Å²) in [5.74, 6) is 0.562. The molecule has 4 aromatic rings. The van der Waals surface area contributed by atoms with Crippen LogP contribution in [0.4, 0.5) is 0 Å². The second-order valence-electron chi connectivity index (χ2n) is 7.86. The number of aryl methyl sites for hydroxylation is 1. The minimum atomic E-state index is 0.544. The fraction of sp³-hybridized carbons (Fsp3) is 0.280. The lowest BCUT2D eigenvalue weighted by molar-refractivity contribution is 0.297. The van der Waals surface area contributed by atoms with Crippen LogP contribution in [-0.4, -0.2) is 49.2 Å². The number of rotatable bonds is 7. The van der Waals surface area contributed by atoms with E-state index in [1.165, 1.54) is 0 Å². The van der Waals surface area contributed by atoms with Crippen LogP contribution in [0.25, 0.3) is 28.0 Å². The van der Waals surface area contributed by atoms with E-state index < -0.39 is 0 Å². The minimum absolute atomic E-state index is 0.544. The van der Waals surface area contributed by atoms with E-state index in [1.807, 2.05) is 35.0 Å². The molecule has 7 nitrogen and oxygen atoms in total. The van der Waals surface area contributed by atoms with Gasteiger partial charge in [-0.05, 0) is 62.2 Å². The highest BCUT2D eigenvalue weighted by Crippen LogP contribution is 2.35. The van der Waals surface area contributed by atoms with Crippen LogP contribution in [0.3, 0.4) is 0 Å². The van der Waals surface area contributed by atoms with Crippen molar-refractivity contribution in [2.45, 2.75) is 32.2 Å². The van der Waals surface area contributed by atoms with Crippen LogP contribution in [0.5, 0.6) is 5.88 Å². The first-order valence-electron chi connectivity index (χ1n) is 11.0.